The zero-order valence-electron chi connectivity index (χ0n) is 19.7. The first-order chi connectivity index (χ1) is 15.3. The Kier molecular flexibility index (Phi) is 6.56. The molecule has 4 rings (SSSR count). The van der Waals surface area contributed by atoms with Crippen LogP contribution in [-0.4, -0.2) is 70.2 Å². The van der Waals surface area contributed by atoms with Crippen LogP contribution in [0.3, 0.4) is 0 Å². The first kappa shape index (κ1) is 23.5. The summed E-state index contributed by atoms with van der Waals surface area (Å²) in [6, 6.07) is -1.24. The number of nitrogens with one attached hydrogen (secondary N) is 2. The zero-order valence-corrected chi connectivity index (χ0v) is 19.7. The molecule has 4 aliphatic rings. The molecule has 1 saturated carbocycles. The van der Waals surface area contributed by atoms with E-state index in [1.165, 1.54) is 11.3 Å². The van der Waals surface area contributed by atoms with Gasteiger partial charge < -0.3 is 25.4 Å². The Labute approximate surface area is 190 Å². The lowest BCUT2D eigenvalue weighted by atomic mass is 9.65. The maximum absolute atomic E-state index is 13.8. The minimum Gasteiger partial charge on any atom is -0.394 e. The summed E-state index contributed by atoms with van der Waals surface area (Å²) in [5.41, 5.74) is -1.72. The van der Waals surface area contributed by atoms with Gasteiger partial charge in [0.15, 0.2) is 0 Å². The highest BCUT2D eigenvalue weighted by atomic mass is 16.5. The molecule has 3 saturated heterocycles. The quantitative estimate of drug-likeness (QED) is 0.520. The van der Waals surface area contributed by atoms with E-state index in [9.17, 15) is 19.5 Å². The number of nitrogens with zero attached hydrogens (tertiary/aromatic N) is 1. The molecule has 2 unspecified atom stereocenters. The standard InChI is InChI=1S/C24H39N3O5/c1-4-13-25-20(29)17-18-22(31)27(15(3)14-28)19(21(30)26-16-9-7-6-8-10-16)24(18)12-11-23(17,5-2)32-24/h15-19,28H,4-14H2,1-3H3,(H,25,29)(H,26,30)/t15-,17+,18+,19?,23-,24?/m1/s1. The number of hydrogen-bond acceptors (Lipinski definition) is 5. The second-order valence-electron chi connectivity index (χ2n) is 10.2. The van der Waals surface area contributed by atoms with Crippen molar-refractivity contribution in [3.8, 4) is 0 Å². The molecule has 0 aromatic heterocycles. The number of likely N-dealkylation sites (tertiary alicyclic amines) is 1. The Bertz CT molecular complexity index is 754. The maximum atomic E-state index is 13.8. The van der Waals surface area contributed by atoms with Crippen molar-refractivity contribution in [1.29, 1.82) is 0 Å². The molecule has 2 bridgehead atoms. The molecule has 1 spiro atoms. The summed E-state index contributed by atoms with van der Waals surface area (Å²) in [6.45, 7) is 6.05. The van der Waals surface area contributed by atoms with Gasteiger partial charge in [0.1, 0.15) is 11.6 Å². The van der Waals surface area contributed by atoms with Gasteiger partial charge in [-0.3, -0.25) is 14.4 Å². The van der Waals surface area contributed by atoms with Gasteiger partial charge >= 0.3 is 0 Å². The van der Waals surface area contributed by atoms with Crippen molar-refractivity contribution in [2.45, 2.75) is 108 Å². The topological polar surface area (TPSA) is 108 Å². The van der Waals surface area contributed by atoms with Crippen molar-refractivity contribution in [3.05, 3.63) is 0 Å². The van der Waals surface area contributed by atoms with Crippen LogP contribution in [-0.2, 0) is 19.1 Å². The molecule has 0 radical (unpaired) electrons. The molecule has 32 heavy (non-hydrogen) atoms. The predicted octanol–water partition coefficient (Wildman–Crippen LogP) is 1.50. The molecule has 3 heterocycles. The number of ether oxygens (including phenoxy) is 1. The number of amides is 3. The first-order valence-electron chi connectivity index (χ1n) is 12.6. The predicted molar refractivity (Wildman–Crippen MR) is 119 cm³/mol. The van der Waals surface area contributed by atoms with E-state index in [0.717, 1.165) is 32.1 Å². The molecule has 3 amide bonds. The molecular weight excluding hydrogens is 410 g/mol. The Morgan fingerprint density at radius 1 is 1.19 bits per heavy atom. The van der Waals surface area contributed by atoms with Crippen molar-refractivity contribution in [3.63, 3.8) is 0 Å². The van der Waals surface area contributed by atoms with Crippen LogP contribution >= 0.6 is 0 Å². The monoisotopic (exact) mass is 449 g/mol. The van der Waals surface area contributed by atoms with E-state index in [-0.39, 0.29) is 30.4 Å². The molecule has 180 valence electrons. The van der Waals surface area contributed by atoms with E-state index in [4.69, 9.17) is 4.74 Å². The summed E-state index contributed by atoms with van der Waals surface area (Å²) in [4.78, 5) is 42.3. The van der Waals surface area contributed by atoms with E-state index in [2.05, 4.69) is 10.6 Å². The molecule has 8 heteroatoms. The largest absolute Gasteiger partial charge is 0.394 e. The number of carbonyl (C=O) groups excluding carboxylic acids is 3. The summed E-state index contributed by atoms with van der Waals surface area (Å²) < 4.78 is 6.69. The molecule has 8 nitrogen and oxygen atoms in total. The fraction of sp³-hybridized carbons (Fsp3) is 0.875. The number of fused-ring (bicyclic) bond motifs is 1. The third-order valence-corrected chi connectivity index (χ3v) is 8.39. The fourth-order valence-corrected chi connectivity index (χ4v) is 6.80. The minimum atomic E-state index is -1.01. The Morgan fingerprint density at radius 2 is 1.91 bits per heavy atom. The maximum Gasteiger partial charge on any atom is 0.246 e. The lowest BCUT2D eigenvalue weighted by Crippen LogP contribution is -2.59. The van der Waals surface area contributed by atoms with E-state index < -0.39 is 35.1 Å². The van der Waals surface area contributed by atoms with Crippen LogP contribution in [0.25, 0.3) is 0 Å². The number of carbonyl (C=O) groups is 3. The number of rotatable bonds is 8. The number of aliphatic hydroxyl groups is 1. The molecule has 1 aliphatic carbocycles. The molecule has 0 aromatic rings. The Morgan fingerprint density at radius 3 is 2.53 bits per heavy atom. The van der Waals surface area contributed by atoms with Crippen molar-refractivity contribution >= 4 is 17.7 Å². The summed E-state index contributed by atoms with van der Waals surface area (Å²) in [6.07, 6.45) is 7.92. The van der Waals surface area contributed by atoms with Crippen LogP contribution in [0.1, 0.15) is 78.6 Å². The highest BCUT2D eigenvalue weighted by Gasteiger charge is 2.78. The number of aliphatic hydroxyl groups excluding tert-OH is 1. The van der Waals surface area contributed by atoms with Gasteiger partial charge in [0.2, 0.25) is 17.7 Å². The molecule has 3 N–H and O–H groups in total. The second-order valence-corrected chi connectivity index (χ2v) is 10.2. The Hall–Kier alpha value is -1.67. The summed E-state index contributed by atoms with van der Waals surface area (Å²) >= 11 is 0. The lowest BCUT2D eigenvalue weighted by molar-refractivity contribution is -0.151. The van der Waals surface area contributed by atoms with Gasteiger partial charge in [0.25, 0.3) is 0 Å². The summed E-state index contributed by atoms with van der Waals surface area (Å²) in [7, 11) is 0. The minimum absolute atomic E-state index is 0.107. The van der Waals surface area contributed by atoms with E-state index in [1.807, 2.05) is 13.8 Å². The first-order valence-corrected chi connectivity index (χ1v) is 12.6. The highest BCUT2D eigenvalue weighted by Crippen LogP contribution is 2.64. The van der Waals surface area contributed by atoms with Gasteiger partial charge in [-0.05, 0) is 45.4 Å². The van der Waals surface area contributed by atoms with Gasteiger partial charge in [0, 0.05) is 12.6 Å². The van der Waals surface area contributed by atoms with Crippen LogP contribution < -0.4 is 10.6 Å². The zero-order chi connectivity index (χ0) is 23.1. The van der Waals surface area contributed by atoms with Crippen LogP contribution in [0.2, 0.25) is 0 Å². The van der Waals surface area contributed by atoms with Crippen LogP contribution in [0.4, 0.5) is 0 Å². The normalized spacial score (nSPS) is 37.4. The van der Waals surface area contributed by atoms with Crippen molar-refractivity contribution in [2.75, 3.05) is 13.2 Å². The average molecular weight is 450 g/mol. The van der Waals surface area contributed by atoms with Crippen molar-refractivity contribution in [2.24, 2.45) is 11.8 Å². The van der Waals surface area contributed by atoms with Gasteiger partial charge in [-0.25, -0.2) is 0 Å². The molecule has 4 fully saturated rings. The van der Waals surface area contributed by atoms with Gasteiger partial charge in [0.05, 0.1) is 30.1 Å². The third kappa shape index (κ3) is 3.45. The van der Waals surface area contributed by atoms with Gasteiger partial charge in [-0.2, -0.15) is 0 Å². The molecular formula is C24H39N3O5. The Balaban J connectivity index is 1.70. The van der Waals surface area contributed by atoms with Crippen molar-refractivity contribution in [1.82, 2.24) is 15.5 Å². The van der Waals surface area contributed by atoms with E-state index >= 15 is 0 Å². The van der Waals surface area contributed by atoms with Gasteiger partial charge in [-0.1, -0.05) is 33.1 Å². The lowest BCUT2D eigenvalue weighted by Gasteiger charge is -2.37. The van der Waals surface area contributed by atoms with Crippen LogP contribution in [0.15, 0.2) is 0 Å². The molecule has 0 aromatic carbocycles. The average Bonchev–Trinajstić information content (AvgIpc) is 3.41. The van der Waals surface area contributed by atoms with Crippen LogP contribution in [0.5, 0.6) is 0 Å². The van der Waals surface area contributed by atoms with E-state index in [0.29, 0.717) is 25.8 Å². The smallest absolute Gasteiger partial charge is 0.246 e. The highest BCUT2D eigenvalue weighted by molar-refractivity contribution is 5.99. The summed E-state index contributed by atoms with van der Waals surface area (Å²) in [5, 5.41) is 16.1. The number of hydrogen-bond donors (Lipinski definition) is 3. The summed E-state index contributed by atoms with van der Waals surface area (Å²) in [5.74, 6) is -1.89. The van der Waals surface area contributed by atoms with Crippen molar-refractivity contribution < 1.29 is 24.2 Å². The molecule has 3 aliphatic heterocycles. The SMILES string of the molecule is CCCNC(=O)[C@@H]1[C@H]2C(=O)N([C@H](C)CO)C(C(=O)NC3CCCCC3)C23CC[C@@]1(CC)O3. The third-order valence-electron chi connectivity index (χ3n) is 8.39. The second kappa shape index (κ2) is 8.93. The molecule has 6 atom stereocenters. The van der Waals surface area contributed by atoms with Gasteiger partial charge in [-0.15, -0.1) is 0 Å². The van der Waals surface area contributed by atoms with Crippen LogP contribution in [0, 0.1) is 11.8 Å². The fourth-order valence-electron chi connectivity index (χ4n) is 6.80. The van der Waals surface area contributed by atoms with E-state index in [1.54, 1.807) is 6.92 Å².